The van der Waals surface area contributed by atoms with Crippen molar-refractivity contribution < 1.29 is 9.53 Å². The number of allylic oxidation sites excluding steroid dienone is 1. The largest absolute Gasteiger partial charge is 0.466 e. The highest BCUT2D eigenvalue weighted by atomic mass is 16.5. The standard InChI is InChI=1S/C15H23NO2/c1-18-14(17)13(9-16)8-15-5-10-2-11(6-15)4-12(3-10)7-15/h8,10-12H,2-7,9,16H2,1H3/b13-8+. The molecule has 4 bridgehead atoms. The number of carbonyl (C=O) groups excluding carboxylic acids is 1. The van der Waals surface area contributed by atoms with Gasteiger partial charge < -0.3 is 10.5 Å². The third kappa shape index (κ3) is 1.99. The lowest BCUT2D eigenvalue weighted by molar-refractivity contribution is -0.136. The summed E-state index contributed by atoms with van der Waals surface area (Å²) in [6, 6.07) is 0. The molecule has 4 rings (SSSR count). The lowest BCUT2D eigenvalue weighted by atomic mass is 9.49. The first-order valence-corrected chi connectivity index (χ1v) is 7.14. The average Bonchev–Trinajstić information content (AvgIpc) is 2.33. The zero-order valence-corrected chi connectivity index (χ0v) is 11.2. The molecule has 0 spiro atoms. The lowest BCUT2D eigenvalue weighted by Crippen LogP contribution is -2.45. The van der Waals surface area contributed by atoms with Gasteiger partial charge in [0.15, 0.2) is 0 Å². The Labute approximate surface area is 109 Å². The van der Waals surface area contributed by atoms with E-state index in [2.05, 4.69) is 6.08 Å². The zero-order valence-electron chi connectivity index (χ0n) is 11.2. The average molecular weight is 249 g/mol. The molecule has 0 atom stereocenters. The van der Waals surface area contributed by atoms with Gasteiger partial charge in [-0.15, -0.1) is 0 Å². The van der Waals surface area contributed by atoms with Gasteiger partial charge in [-0.05, 0) is 61.7 Å². The molecule has 0 aromatic carbocycles. The minimum absolute atomic E-state index is 0.242. The van der Waals surface area contributed by atoms with Crippen molar-refractivity contribution in [1.29, 1.82) is 0 Å². The number of esters is 1. The van der Waals surface area contributed by atoms with Crippen molar-refractivity contribution in [2.24, 2.45) is 28.9 Å². The van der Waals surface area contributed by atoms with Crippen LogP contribution >= 0.6 is 0 Å². The Bertz CT molecular complexity index is 351. The van der Waals surface area contributed by atoms with Crippen molar-refractivity contribution in [2.45, 2.75) is 38.5 Å². The molecule has 0 aromatic heterocycles. The van der Waals surface area contributed by atoms with E-state index in [0.717, 1.165) is 17.8 Å². The monoisotopic (exact) mass is 249 g/mol. The Kier molecular flexibility index (Phi) is 2.97. The van der Waals surface area contributed by atoms with Crippen molar-refractivity contribution in [1.82, 2.24) is 0 Å². The van der Waals surface area contributed by atoms with Crippen LogP contribution in [0.5, 0.6) is 0 Å². The van der Waals surface area contributed by atoms with E-state index in [1.54, 1.807) is 0 Å². The number of nitrogens with two attached hydrogens (primary N) is 1. The molecule has 2 N–H and O–H groups in total. The van der Waals surface area contributed by atoms with Crippen LogP contribution < -0.4 is 5.73 Å². The van der Waals surface area contributed by atoms with Crippen LogP contribution in [0.2, 0.25) is 0 Å². The van der Waals surface area contributed by atoms with Crippen molar-refractivity contribution in [3.05, 3.63) is 11.6 Å². The summed E-state index contributed by atoms with van der Waals surface area (Å²) in [5.41, 5.74) is 6.65. The smallest absolute Gasteiger partial charge is 0.334 e. The van der Waals surface area contributed by atoms with Crippen LogP contribution in [0.25, 0.3) is 0 Å². The van der Waals surface area contributed by atoms with Gasteiger partial charge in [0.1, 0.15) is 0 Å². The number of hydrogen-bond acceptors (Lipinski definition) is 3. The molecular weight excluding hydrogens is 226 g/mol. The van der Waals surface area contributed by atoms with Crippen LogP contribution in [0, 0.1) is 23.2 Å². The quantitative estimate of drug-likeness (QED) is 0.616. The lowest BCUT2D eigenvalue weighted by Gasteiger charge is -2.56. The molecule has 100 valence electrons. The Hall–Kier alpha value is -0.830. The SMILES string of the molecule is COC(=O)/C(=C/C12CC3CC(CC(C3)C1)C2)CN. The predicted octanol–water partition coefficient (Wildman–Crippen LogP) is 2.26. The van der Waals surface area contributed by atoms with Crippen LogP contribution in [0.4, 0.5) is 0 Å². The third-order valence-electron chi connectivity index (χ3n) is 5.23. The van der Waals surface area contributed by atoms with E-state index in [-0.39, 0.29) is 11.4 Å². The van der Waals surface area contributed by atoms with Crippen molar-refractivity contribution in [3.63, 3.8) is 0 Å². The molecular formula is C15H23NO2. The first-order chi connectivity index (χ1) is 8.64. The van der Waals surface area contributed by atoms with E-state index in [1.165, 1.54) is 45.6 Å². The molecule has 18 heavy (non-hydrogen) atoms. The van der Waals surface area contributed by atoms with Crippen molar-refractivity contribution in [3.8, 4) is 0 Å². The summed E-state index contributed by atoms with van der Waals surface area (Å²) in [6.07, 6.45) is 10.2. The molecule has 3 heteroatoms. The van der Waals surface area contributed by atoms with Gasteiger partial charge >= 0.3 is 5.97 Å². The highest BCUT2D eigenvalue weighted by molar-refractivity contribution is 5.88. The molecule has 0 saturated heterocycles. The van der Waals surface area contributed by atoms with Gasteiger partial charge in [0.25, 0.3) is 0 Å². The summed E-state index contributed by atoms with van der Waals surface area (Å²) in [7, 11) is 1.44. The van der Waals surface area contributed by atoms with Crippen LogP contribution in [-0.2, 0) is 9.53 Å². The Morgan fingerprint density at radius 3 is 2.11 bits per heavy atom. The molecule has 0 aliphatic heterocycles. The predicted molar refractivity (Wildman–Crippen MR) is 69.8 cm³/mol. The molecule has 0 amide bonds. The minimum Gasteiger partial charge on any atom is -0.466 e. The van der Waals surface area contributed by atoms with Gasteiger partial charge in [0.2, 0.25) is 0 Å². The van der Waals surface area contributed by atoms with E-state index in [4.69, 9.17) is 10.5 Å². The summed E-state index contributed by atoms with van der Waals surface area (Å²) in [4.78, 5) is 11.7. The van der Waals surface area contributed by atoms with Gasteiger partial charge in [-0.2, -0.15) is 0 Å². The molecule has 4 aliphatic carbocycles. The molecule has 4 saturated carbocycles. The van der Waals surface area contributed by atoms with E-state index < -0.39 is 0 Å². The molecule has 0 aromatic rings. The number of methoxy groups -OCH3 is 1. The molecule has 3 nitrogen and oxygen atoms in total. The second kappa shape index (κ2) is 4.37. The van der Waals surface area contributed by atoms with E-state index in [1.807, 2.05) is 0 Å². The number of carbonyl (C=O) groups is 1. The Balaban J connectivity index is 1.86. The summed E-state index contributed by atoms with van der Waals surface area (Å²) in [5, 5.41) is 0. The maximum Gasteiger partial charge on any atom is 0.334 e. The van der Waals surface area contributed by atoms with Crippen molar-refractivity contribution >= 4 is 5.97 Å². The van der Waals surface area contributed by atoms with Crippen LogP contribution in [0.15, 0.2) is 11.6 Å². The van der Waals surface area contributed by atoms with Crippen LogP contribution in [0.3, 0.4) is 0 Å². The third-order valence-corrected chi connectivity index (χ3v) is 5.23. The van der Waals surface area contributed by atoms with Crippen molar-refractivity contribution in [2.75, 3.05) is 13.7 Å². The molecule has 0 heterocycles. The van der Waals surface area contributed by atoms with Gasteiger partial charge in [-0.3, -0.25) is 0 Å². The van der Waals surface area contributed by atoms with Crippen LogP contribution in [-0.4, -0.2) is 19.6 Å². The number of rotatable bonds is 3. The van der Waals surface area contributed by atoms with E-state index >= 15 is 0 Å². The summed E-state index contributed by atoms with van der Waals surface area (Å²) < 4.78 is 4.83. The fraction of sp³-hybridized carbons (Fsp3) is 0.800. The zero-order chi connectivity index (χ0) is 12.8. The Morgan fingerprint density at radius 2 is 1.72 bits per heavy atom. The maximum absolute atomic E-state index is 11.7. The van der Waals surface area contributed by atoms with Gasteiger partial charge in [-0.25, -0.2) is 4.79 Å². The van der Waals surface area contributed by atoms with Gasteiger partial charge in [0.05, 0.1) is 7.11 Å². The first-order valence-electron chi connectivity index (χ1n) is 7.14. The summed E-state index contributed by atoms with van der Waals surface area (Å²) >= 11 is 0. The second-order valence-corrected chi connectivity index (χ2v) is 6.65. The maximum atomic E-state index is 11.7. The number of hydrogen-bond donors (Lipinski definition) is 1. The molecule has 0 radical (unpaired) electrons. The van der Waals surface area contributed by atoms with E-state index in [0.29, 0.717) is 12.1 Å². The van der Waals surface area contributed by atoms with Crippen LogP contribution in [0.1, 0.15) is 38.5 Å². The Morgan fingerprint density at radius 1 is 1.22 bits per heavy atom. The summed E-state index contributed by atoms with van der Waals surface area (Å²) in [5.74, 6) is 2.44. The fourth-order valence-corrected chi connectivity index (χ4v) is 5.06. The topological polar surface area (TPSA) is 52.3 Å². The molecule has 0 unspecified atom stereocenters. The van der Waals surface area contributed by atoms with Gasteiger partial charge in [0, 0.05) is 12.1 Å². The van der Waals surface area contributed by atoms with E-state index in [9.17, 15) is 4.79 Å². The highest BCUT2D eigenvalue weighted by Gasteiger charge is 2.50. The first kappa shape index (κ1) is 12.2. The van der Waals surface area contributed by atoms with Gasteiger partial charge in [-0.1, -0.05) is 6.08 Å². The normalized spacial score (nSPS) is 42.1. The fourth-order valence-electron chi connectivity index (χ4n) is 5.06. The second-order valence-electron chi connectivity index (χ2n) is 6.65. The molecule has 4 fully saturated rings. The highest BCUT2D eigenvalue weighted by Crippen LogP contribution is 2.60. The minimum atomic E-state index is -0.242. The molecule has 4 aliphatic rings. The summed E-state index contributed by atoms with van der Waals surface area (Å²) in [6.45, 7) is 0.300. The number of ether oxygens (including phenoxy) is 1.